The second-order valence-corrected chi connectivity index (χ2v) is 8.38. The van der Waals surface area contributed by atoms with Gasteiger partial charge in [0.05, 0.1) is 6.61 Å². The van der Waals surface area contributed by atoms with Gasteiger partial charge in [-0.2, -0.15) is 0 Å². The molecule has 0 aromatic carbocycles. The number of carbonyl (C=O) groups excluding carboxylic acids is 2. The van der Waals surface area contributed by atoms with Gasteiger partial charge in [-0.05, 0) is 65.5 Å². The van der Waals surface area contributed by atoms with Gasteiger partial charge in [0, 0.05) is 30.6 Å². The van der Waals surface area contributed by atoms with Crippen LogP contribution in [0.3, 0.4) is 0 Å². The molecule has 0 aromatic heterocycles. The number of nitrogens with zero attached hydrogens (tertiary/aromatic N) is 2. The summed E-state index contributed by atoms with van der Waals surface area (Å²) in [7, 11) is 0. The van der Waals surface area contributed by atoms with E-state index >= 15 is 0 Å². The highest BCUT2D eigenvalue weighted by Gasteiger charge is 2.38. The van der Waals surface area contributed by atoms with Gasteiger partial charge in [-0.3, -0.25) is 4.79 Å². The third kappa shape index (κ3) is 5.35. The largest absolute Gasteiger partial charge is 0.450 e. The van der Waals surface area contributed by atoms with Gasteiger partial charge in [-0.15, -0.1) is 0 Å². The number of piperidine rings is 2. The highest BCUT2D eigenvalue weighted by molar-refractivity contribution is 5.78. The number of likely N-dealkylation sites (tertiary alicyclic amines) is 2. The number of nitrogens with one attached hydrogen (secondary N) is 1. The van der Waals surface area contributed by atoms with Gasteiger partial charge in [0.1, 0.15) is 0 Å². The number of hydrogen-bond donors (Lipinski definition) is 1. The van der Waals surface area contributed by atoms with Crippen molar-refractivity contribution in [3.8, 4) is 0 Å². The molecule has 150 valence electrons. The summed E-state index contributed by atoms with van der Waals surface area (Å²) in [4.78, 5) is 28.9. The summed E-state index contributed by atoms with van der Waals surface area (Å²) >= 11 is 0. The Morgan fingerprint density at radius 3 is 2.19 bits per heavy atom. The Hall–Kier alpha value is -1.30. The first-order valence-electron chi connectivity index (χ1n) is 10.3. The quantitative estimate of drug-likeness (QED) is 0.812. The van der Waals surface area contributed by atoms with Crippen molar-refractivity contribution in [3.05, 3.63) is 0 Å². The van der Waals surface area contributed by atoms with Crippen LogP contribution in [0.4, 0.5) is 4.79 Å². The lowest BCUT2D eigenvalue weighted by atomic mass is 9.88. The number of hydrogen-bond acceptors (Lipinski definition) is 4. The van der Waals surface area contributed by atoms with Crippen LogP contribution in [0.5, 0.6) is 0 Å². The third-order valence-corrected chi connectivity index (χ3v) is 5.76. The minimum Gasteiger partial charge on any atom is -0.450 e. The molecule has 6 nitrogen and oxygen atoms in total. The Morgan fingerprint density at radius 2 is 1.69 bits per heavy atom. The zero-order chi connectivity index (χ0) is 19.3. The molecule has 6 heteroatoms. The van der Waals surface area contributed by atoms with E-state index in [2.05, 4.69) is 37.9 Å². The molecule has 2 heterocycles. The number of rotatable bonds is 5. The average molecular weight is 368 g/mol. The number of carbonyl (C=O) groups is 2. The number of amides is 2. The predicted octanol–water partition coefficient (Wildman–Crippen LogP) is 2.87. The van der Waals surface area contributed by atoms with Crippen molar-refractivity contribution in [2.75, 3.05) is 26.2 Å². The summed E-state index contributed by atoms with van der Waals surface area (Å²) in [6.07, 6.45) is 3.64. The van der Waals surface area contributed by atoms with Crippen LogP contribution in [-0.4, -0.2) is 66.2 Å². The highest BCUT2D eigenvalue weighted by Crippen LogP contribution is 2.30. The maximum atomic E-state index is 12.3. The fourth-order valence-electron chi connectivity index (χ4n) is 4.38. The summed E-state index contributed by atoms with van der Waals surface area (Å²) < 4.78 is 5.21. The van der Waals surface area contributed by atoms with Crippen LogP contribution in [0.25, 0.3) is 0 Å². The lowest BCUT2D eigenvalue weighted by molar-refractivity contribution is -0.127. The Morgan fingerprint density at radius 1 is 1.12 bits per heavy atom. The van der Waals surface area contributed by atoms with E-state index in [1.165, 1.54) is 0 Å². The van der Waals surface area contributed by atoms with Gasteiger partial charge >= 0.3 is 6.09 Å². The normalized spacial score (nSPS) is 28.2. The van der Waals surface area contributed by atoms with Gasteiger partial charge in [0.15, 0.2) is 0 Å². The second kappa shape index (κ2) is 9.58. The van der Waals surface area contributed by atoms with Crippen molar-refractivity contribution in [1.29, 1.82) is 0 Å². The Bertz CT molecular complexity index is 463. The fraction of sp³-hybridized carbons (Fsp3) is 0.900. The molecule has 0 bridgehead atoms. The van der Waals surface area contributed by atoms with E-state index in [9.17, 15) is 9.59 Å². The van der Waals surface area contributed by atoms with Crippen LogP contribution in [0.2, 0.25) is 0 Å². The second-order valence-electron chi connectivity index (χ2n) is 8.38. The monoisotopic (exact) mass is 367 g/mol. The van der Waals surface area contributed by atoms with E-state index in [0.717, 1.165) is 45.3 Å². The van der Waals surface area contributed by atoms with Crippen LogP contribution in [-0.2, 0) is 9.53 Å². The molecule has 26 heavy (non-hydrogen) atoms. The molecular formula is C20H37N3O3. The van der Waals surface area contributed by atoms with Gasteiger partial charge in [-0.1, -0.05) is 13.8 Å². The first kappa shape index (κ1) is 21.0. The Labute approximate surface area is 158 Å². The molecule has 2 saturated heterocycles. The van der Waals surface area contributed by atoms with Crippen molar-refractivity contribution in [2.24, 2.45) is 11.8 Å². The summed E-state index contributed by atoms with van der Waals surface area (Å²) in [6, 6.07) is 0.870. The molecule has 0 aliphatic carbocycles. The van der Waals surface area contributed by atoms with E-state index in [4.69, 9.17) is 4.74 Å². The van der Waals surface area contributed by atoms with Crippen LogP contribution >= 0.6 is 0 Å². The summed E-state index contributed by atoms with van der Waals surface area (Å²) in [6.45, 7) is 13.5. The van der Waals surface area contributed by atoms with Gasteiger partial charge < -0.3 is 19.9 Å². The van der Waals surface area contributed by atoms with Crippen molar-refractivity contribution in [3.63, 3.8) is 0 Å². The van der Waals surface area contributed by atoms with E-state index < -0.39 is 0 Å². The van der Waals surface area contributed by atoms with E-state index in [1.807, 2.05) is 11.8 Å². The van der Waals surface area contributed by atoms with Crippen molar-refractivity contribution >= 4 is 12.0 Å². The zero-order valence-electron chi connectivity index (χ0n) is 17.2. The van der Waals surface area contributed by atoms with Crippen LogP contribution in [0.1, 0.15) is 60.3 Å². The Balaban J connectivity index is 1.83. The maximum Gasteiger partial charge on any atom is 0.410 e. The smallest absolute Gasteiger partial charge is 0.410 e. The van der Waals surface area contributed by atoms with E-state index in [-0.39, 0.29) is 30.0 Å². The Kier molecular flexibility index (Phi) is 7.74. The molecule has 0 aromatic rings. The van der Waals surface area contributed by atoms with Gasteiger partial charge in [-0.25, -0.2) is 4.79 Å². The molecule has 2 amide bonds. The molecule has 1 N–H and O–H groups in total. The third-order valence-electron chi connectivity index (χ3n) is 5.76. The predicted molar refractivity (Wildman–Crippen MR) is 103 cm³/mol. The van der Waals surface area contributed by atoms with Crippen molar-refractivity contribution in [2.45, 2.75) is 78.4 Å². The molecule has 0 saturated carbocycles. The molecule has 0 spiro atoms. The fourth-order valence-corrected chi connectivity index (χ4v) is 4.38. The topological polar surface area (TPSA) is 61.9 Å². The average Bonchev–Trinajstić information content (AvgIpc) is 2.59. The zero-order valence-corrected chi connectivity index (χ0v) is 17.2. The lowest BCUT2D eigenvalue weighted by Crippen LogP contribution is -2.56. The standard InChI is InChI=1S/C20H37N3O3/c1-6-26-20(25)23-15(4)11-18(12-16(23)5)22-9-7-17(8-10-22)19(24)21-13-14(2)3/h14-18H,6-13H2,1-5H3,(H,21,24). The maximum absolute atomic E-state index is 12.3. The minimum absolute atomic E-state index is 0.152. The lowest BCUT2D eigenvalue weighted by Gasteiger charge is -2.47. The van der Waals surface area contributed by atoms with Crippen molar-refractivity contribution in [1.82, 2.24) is 15.1 Å². The summed E-state index contributed by atoms with van der Waals surface area (Å²) in [5, 5.41) is 3.08. The summed E-state index contributed by atoms with van der Waals surface area (Å²) in [5.74, 6) is 0.864. The van der Waals surface area contributed by atoms with E-state index in [0.29, 0.717) is 18.6 Å². The molecule has 2 fully saturated rings. The SMILES string of the molecule is CCOC(=O)N1C(C)CC(N2CCC(C(=O)NCC(C)C)CC2)CC1C. The highest BCUT2D eigenvalue weighted by atomic mass is 16.6. The number of ether oxygens (including phenoxy) is 1. The first-order chi connectivity index (χ1) is 12.3. The van der Waals surface area contributed by atoms with Crippen LogP contribution in [0.15, 0.2) is 0 Å². The minimum atomic E-state index is -0.188. The van der Waals surface area contributed by atoms with Gasteiger partial charge in [0.25, 0.3) is 0 Å². The molecule has 2 aliphatic heterocycles. The first-order valence-corrected chi connectivity index (χ1v) is 10.3. The molecule has 0 radical (unpaired) electrons. The van der Waals surface area contributed by atoms with Crippen molar-refractivity contribution < 1.29 is 14.3 Å². The molecule has 2 atom stereocenters. The molecular weight excluding hydrogens is 330 g/mol. The summed E-state index contributed by atoms with van der Waals surface area (Å²) in [5.41, 5.74) is 0. The van der Waals surface area contributed by atoms with E-state index in [1.54, 1.807) is 0 Å². The van der Waals surface area contributed by atoms with Crippen LogP contribution < -0.4 is 5.32 Å². The molecule has 2 rings (SSSR count). The van der Waals surface area contributed by atoms with Gasteiger partial charge in [0.2, 0.25) is 5.91 Å². The van der Waals surface area contributed by atoms with Crippen LogP contribution in [0, 0.1) is 11.8 Å². The molecule has 2 unspecified atom stereocenters. The molecule has 2 aliphatic rings.